The van der Waals surface area contributed by atoms with Gasteiger partial charge in [0.1, 0.15) is 12.4 Å². The van der Waals surface area contributed by atoms with Gasteiger partial charge in [-0.25, -0.2) is 4.39 Å². The Morgan fingerprint density at radius 2 is 2.05 bits per heavy atom. The van der Waals surface area contributed by atoms with Gasteiger partial charge in [0.25, 0.3) is 5.89 Å². The standard InChI is InChI=1S/C14H14F4N2O2/c1-3-8(2)21-7-12-19-13(20-22-12)10-5-4-9(15)6-11(10)14(16,17)18/h4-6,8H,3,7H2,1-2H3/t8-/m0/s1. The quantitative estimate of drug-likeness (QED) is 0.775. The molecule has 0 saturated heterocycles. The number of halogens is 4. The van der Waals surface area contributed by atoms with Crippen LogP contribution in [-0.4, -0.2) is 16.2 Å². The second-order valence-corrected chi connectivity index (χ2v) is 4.73. The highest BCUT2D eigenvalue weighted by molar-refractivity contribution is 5.60. The van der Waals surface area contributed by atoms with E-state index < -0.39 is 17.6 Å². The van der Waals surface area contributed by atoms with Gasteiger partial charge in [-0.2, -0.15) is 18.2 Å². The lowest BCUT2D eigenvalue weighted by atomic mass is 10.1. The van der Waals surface area contributed by atoms with Crippen molar-refractivity contribution in [2.45, 2.75) is 39.2 Å². The summed E-state index contributed by atoms with van der Waals surface area (Å²) >= 11 is 0. The molecular formula is C14H14F4N2O2. The van der Waals surface area contributed by atoms with Gasteiger partial charge in [-0.3, -0.25) is 0 Å². The Morgan fingerprint density at radius 1 is 1.32 bits per heavy atom. The lowest BCUT2D eigenvalue weighted by molar-refractivity contribution is -0.137. The zero-order chi connectivity index (χ0) is 16.3. The molecule has 4 nitrogen and oxygen atoms in total. The summed E-state index contributed by atoms with van der Waals surface area (Å²) in [6.07, 6.45) is -3.98. The number of hydrogen-bond donors (Lipinski definition) is 0. The third kappa shape index (κ3) is 3.82. The minimum Gasteiger partial charge on any atom is -0.369 e. The van der Waals surface area contributed by atoms with Gasteiger partial charge in [0.05, 0.1) is 11.7 Å². The average molecular weight is 318 g/mol. The van der Waals surface area contributed by atoms with Gasteiger partial charge >= 0.3 is 6.18 Å². The predicted molar refractivity (Wildman–Crippen MR) is 69.2 cm³/mol. The summed E-state index contributed by atoms with van der Waals surface area (Å²) in [5, 5.41) is 3.51. The Bertz CT molecular complexity index is 640. The van der Waals surface area contributed by atoms with E-state index in [1.54, 1.807) is 0 Å². The molecule has 0 aliphatic carbocycles. The Balaban J connectivity index is 2.28. The van der Waals surface area contributed by atoms with Gasteiger partial charge < -0.3 is 9.26 Å². The molecule has 1 aromatic heterocycles. The smallest absolute Gasteiger partial charge is 0.369 e. The highest BCUT2D eigenvalue weighted by Gasteiger charge is 2.35. The van der Waals surface area contributed by atoms with Crippen LogP contribution in [-0.2, 0) is 17.5 Å². The molecule has 8 heteroatoms. The summed E-state index contributed by atoms with van der Waals surface area (Å²) in [5.74, 6) is -1.18. The van der Waals surface area contributed by atoms with Crippen LogP contribution >= 0.6 is 0 Å². The lowest BCUT2D eigenvalue weighted by Gasteiger charge is -2.10. The van der Waals surface area contributed by atoms with E-state index in [9.17, 15) is 17.6 Å². The second kappa shape index (κ2) is 6.43. The minimum absolute atomic E-state index is 0.00452. The predicted octanol–water partition coefficient (Wildman–Crippen LogP) is 4.21. The van der Waals surface area contributed by atoms with Crippen molar-refractivity contribution >= 4 is 0 Å². The Morgan fingerprint density at radius 3 is 2.68 bits per heavy atom. The number of benzene rings is 1. The molecule has 0 unspecified atom stereocenters. The van der Waals surface area contributed by atoms with Crippen LogP contribution in [0.4, 0.5) is 17.6 Å². The number of rotatable bonds is 5. The summed E-state index contributed by atoms with van der Waals surface area (Å²) in [5.41, 5.74) is -1.49. The fourth-order valence-corrected chi connectivity index (χ4v) is 1.70. The van der Waals surface area contributed by atoms with E-state index in [-0.39, 0.29) is 30.0 Å². The molecule has 0 aliphatic heterocycles. The first-order chi connectivity index (χ1) is 10.3. The lowest BCUT2D eigenvalue weighted by Crippen LogP contribution is -2.08. The van der Waals surface area contributed by atoms with Gasteiger partial charge in [0, 0.05) is 5.56 Å². The van der Waals surface area contributed by atoms with Gasteiger partial charge in [-0.1, -0.05) is 12.1 Å². The van der Waals surface area contributed by atoms with Crippen LogP contribution in [0.25, 0.3) is 11.4 Å². The van der Waals surface area contributed by atoms with Crippen LogP contribution in [0.3, 0.4) is 0 Å². The monoisotopic (exact) mass is 318 g/mol. The molecule has 0 radical (unpaired) electrons. The van der Waals surface area contributed by atoms with Gasteiger partial charge in [-0.15, -0.1) is 0 Å². The van der Waals surface area contributed by atoms with Crippen molar-refractivity contribution in [3.8, 4) is 11.4 Å². The normalized spacial score (nSPS) is 13.4. The van der Waals surface area contributed by atoms with Crippen LogP contribution in [0.2, 0.25) is 0 Å². The molecule has 1 atom stereocenters. The molecule has 0 saturated carbocycles. The molecule has 0 aliphatic rings. The van der Waals surface area contributed by atoms with E-state index in [0.717, 1.165) is 18.6 Å². The second-order valence-electron chi connectivity index (χ2n) is 4.73. The van der Waals surface area contributed by atoms with Crippen molar-refractivity contribution in [1.82, 2.24) is 10.1 Å². The van der Waals surface area contributed by atoms with E-state index in [0.29, 0.717) is 6.07 Å². The third-order valence-electron chi connectivity index (χ3n) is 3.06. The molecule has 0 spiro atoms. The van der Waals surface area contributed by atoms with E-state index >= 15 is 0 Å². The van der Waals surface area contributed by atoms with Crippen LogP contribution in [0.1, 0.15) is 31.7 Å². The fourth-order valence-electron chi connectivity index (χ4n) is 1.70. The molecule has 2 aromatic rings. The zero-order valence-corrected chi connectivity index (χ0v) is 11.9. The molecule has 0 fully saturated rings. The SMILES string of the molecule is CC[C@H](C)OCc1nc(-c2ccc(F)cc2C(F)(F)F)no1. The molecule has 2 rings (SSSR count). The maximum Gasteiger partial charge on any atom is 0.417 e. The van der Waals surface area contributed by atoms with E-state index in [2.05, 4.69) is 10.1 Å². The van der Waals surface area contributed by atoms with Crippen LogP contribution in [0.5, 0.6) is 0 Å². The summed E-state index contributed by atoms with van der Waals surface area (Å²) in [6.45, 7) is 3.78. The number of nitrogens with zero attached hydrogens (tertiary/aromatic N) is 2. The first-order valence-corrected chi connectivity index (χ1v) is 6.62. The molecule has 0 amide bonds. The van der Waals surface area contributed by atoms with Gasteiger partial charge in [-0.05, 0) is 31.5 Å². The summed E-state index contributed by atoms with van der Waals surface area (Å²) in [4.78, 5) is 3.87. The third-order valence-corrected chi connectivity index (χ3v) is 3.06. The average Bonchev–Trinajstić information content (AvgIpc) is 2.92. The van der Waals surface area contributed by atoms with E-state index in [4.69, 9.17) is 9.26 Å². The molecule has 120 valence electrons. The largest absolute Gasteiger partial charge is 0.417 e. The molecule has 0 bridgehead atoms. The van der Waals surface area contributed by atoms with Crippen LogP contribution in [0.15, 0.2) is 22.7 Å². The fraction of sp³-hybridized carbons (Fsp3) is 0.429. The zero-order valence-electron chi connectivity index (χ0n) is 11.9. The first kappa shape index (κ1) is 16.4. The summed E-state index contributed by atoms with van der Waals surface area (Å²) in [7, 11) is 0. The van der Waals surface area contributed by atoms with E-state index in [1.165, 1.54) is 0 Å². The van der Waals surface area contributed by atoms with Crippen molar-refractivity contribution in [2.75, 3.05) is 0 Å². The highest BCUT2D eigenvalue weighted by Crippen LogP contribution is 2.36. The van der Waals surface area contributed by atoms with Crippen molar-refractivity contribution in [3.05, 3.63) is 35.5 Å². The Hall–Kier alpha value is -1.96. The number of hydrogen-bond acceptors (Lipinski definition) is 4. The number of aromatic nitrogens is 2. The number of ether oxygens (including phenoxy) is 1. The maximum absolute atomic E-state index is 13.1. The summed E-state index contributed by atoms with van der Waals surface area (Å²) < 4.78 is 62.1. The molecule has 1 heterocycles. The van der Waals surface area contributed by atoms with Crippen LogP contribution < -0.4 is 0 Å². The Labute approximate surface area is 124 Å². The first-order valence-electron chi connectivity index (χ1n) is 6.62. The van der Waals surface area contributed by atoms with E-state index in [1.807, 2.05) is 13.8 Å². The van der Waals surface area contributed by atoms with Crippen molar-refractivity contribution < 1.29 is 26.8 Å². The maximum atomic E-state index is 13.1. The minimum atomic E-state index is -4.72. The van der Waals surface area contributed by atoms with Crippen molar-refractivity contribution in [1.29, 1.82) is 0 Å². The van der Waals surface area contributed by atoms with Gasteiger partial charge in [0.2, 0.25) is 5.82 Å². The Kier molecular flexibility index (Phi) is 4.80. The highest BCUT2D eigenvalue weighted by atomic mass is 19.4. The number of alkyl halides is 3. The summed E-state index contributed by atoms with van der Waals surface area (Å²) in [6, 6.07) is 2.29. The van der Waals surface area contributed by atoms with Crippen molar-refractivity contribution in [3.63, 3.8) is 0 Å². The molecule has 0 N–H and O–H groups in total. The van der Waals surface area contributed by atoms with Crippen LogP contribution in [0, 0.1) is 5.82 Å². The van der Waals surface area contributed by atoms with Gasteiger partial charge in [0.15, 0.2) is 0 Å². The topological polar surface area (TPSA) is 48.2 Å². The molecule has 1 aromatic carbocycles. The van der Waals surface area contributed by atoms with Crippen molar-refractivity contribution in [2.24, 2.45) is 0 Å². The molecule has 22 heavy (non-hydrogen) atoms. The molecular weight excluding hydrogens is 304 g/mol.